The van der Waals surface area contributed by atoms with E-state index in [1.807, 2.05) is 4.90 Å². The Bertz CT molecular complexity index is 289. The summed E-state index contributed by atoms with van der Waals surface area (Å²) in [5.41, 5.74) is 5.56. The Morgan fingerprint density at radius 3 is 2.17 bits per heavy atom. The molecule has 2 rings (SSSR count). The molecule has 2 saturated heterocycles. The van der Waals surface area contributed by atoms with E-state index in [9.17, 15) is 4.79 Å². The average molecular weight is 253 g/mol. The van der Waals surface area contributed by atoms with Crippen LogP contribution in [0.2, 0.25) is 0 Å². The van der Waals surface area contributed by atoms with Crippen LogP contribution < -0.4 is 5.73 Å². The maximum absolute atomic E-state index is 12.7. The summed E-state index contributed by atoms with van der Waals surface area (Å²) in [6.07, 6.45) is 5.64. The first-order chi connectivity index (χ1) is 8.51. The molecule has 2 N–H and O–H groups in total. The maximum atomic E-state index is 12.7. The summed E-state index contributed by atoms with van der Waals surface area (Å²) in [5, 5.41) is 0. The van der Waals surface area contributed by atoms with Gasteiger partial charge in [-0.25, -0.2) is 0 Å². The summed E-state index contributed by atoms with van der Waals surface area (Å²) < 4.78 is 0. The first-order valence-electron chi connectivity index (χ1n) is 7.32. The number of carbonyl (C=O) groups is 1. The number of amides is 1. The maximum Gasteiger partial charge on any atom is 0.242 e. The lowest BCUT2D eigenvalue weighted by Gasteiger charge is -2.43. The van der Waals surface area contributed by atoms with Gasteiger partial charge in [-0.1, -0.05) is 6.42 Å². The van der Waals surface area contributed by atoms with E-state index < -0.39 is 0 Å². The fraction of sp³-hybridized carbons (Fsp3) is 0.929. The Morgan fingerprint density at radius 1 is 1.06 bits per heavy atom. The highest BCUT2D eigenvalue weighted by Crippen LogP contribution is 2.24. The van der Waals surface area contributed by atoms with E-state index in [0.29, 0.717) is 0 Å². The Balaban J connectivity index is 1.97. The van der Waals surface area contributed by atoms with Crippen molar-refractivity contribution in [3.63, 3.8) is 0 Å². The Kier molecular flexibility index (Phi) is 4.28. The molecule has 1 amide bonds. The molecule has 2 aliphatic rings. The molecule has 2 fully saturated rings. The molecular formula is C14H27N3O. The molecule has 0 atom stereocenters. The van der Waals surface area contributed by atoms with Crippen molar-refractivity contribution >= 4 is 5.91 Å². The minimum absolute atomic E-state index is 0.284. The van der Waals surface area contributed by atoms with Crippen molar-refractivity contribution in [2.24, 2.45) is 5.73 Å². The zero-order chi connectivity index (χ0) is 13.2. The Labute approximate surface area is 110 Å². The number of hydrogen-bond acceptors (Lipinski definition) is 3. The van der Waals surface area contributed by atoms with Gasteiger partial charge in [-0.05, 0) is 52.6 Å². The first-order valence-corrected chi connectivity index (χ1v) is 7.32. The third-order valence-corrected chi connectivity index (χ3v) is 4.50. The fourth-order valence-electron chi connectivity index (χ4n) is 3.08. The molecule has 0 aromatic carbocycles. The molecule has 0 spiro atoms. The van der Waals surface area contributed by atoms with Crippen LogP contribution in [-0.4, -0.2) is 53.5 Å². The van der Waals surface area contributed by atoms with Crippen LogP contribution in [0.5, 0.6) is 0 Å². The molecule has 0 aromatic rings. The van der Waals surface area contributed by atoms with Gasteiger partial charge in [0.2, 0.25) is 5.91 Å². The minimum atomic E-state index is -0.345. The number of nitrogens with two attached hydrogens (primary N) is 1. The standard InChI is InChI=1S/C14H27N3O/c1-14(2,17-8-4-3-5-9-17)13(18)16-10-6-12(15)7-11-16/h12H,3-11,15H2,1-2H3. The lowest BCUT2D eigenvalue weighted by molar-refractivity contribution is -0.144. The van der Waals surface area contributed by atoms with Gasteiger partial charge >= 0.3 is 0 Å². The fourth-order valence-corrected chi connectivity index (χ4v) is 3.08. The summed E-state index contributed by atoms with van der Waals surface area (Å²) in [5.74, 6) is 0.288. The quantitative estimate of drug-likeness (QED) is 0.804. The highest BCUT2D eigenvalue weighted by atomic mass is 16.2. The van der Waals surface area contributed by atoms with Crippen molar-refractivity contribution in [2.45, 2.75) is 57.5 Å². The number of likely N-dealkylation sites (tertiary alicyclic amines) is 2. The number of nitrogens with zero attached hydrogens (tertiary/aromatic N) is 2. The lowest BCUT2D eigenvalue weighted by Crippen LogP contribution is -2.59. The summed E-state index contributed by atoms with van der Waals surface area (Å²) in [6.45, 7) is 7.94. The van der Waals surface area contributed by atoms with Crippen LogP contribution in [0.1, 0.15) is 46.0 Å². The van der Waals surface area contributed by atoms with E-state index in [4.69, 9.17) is 5.73 Å². The lowest BCUT2D eigenvalue weighted by atomic mass is 9.95. The molecule has 0 aliphatic carbocycles. The topological polar surface area (TPSA) is 49.6 Å². The van der Waals surface area contributed by atoms with Crippen molar-refractivity contribution < 1.29 is 4.79 Å². The van der Waals surface area contributed by atoms with Crippen LogP contribution in [0.15, 0.2) is 0 Å². The van der Waals surface area contributed by atoms with E-state index in [2.05, 4.69) is 18.7 Å². The van der Waals surface area contributed by atoms with E-state index in [1.165, 1.54) is 19.3 Å². The van der Waals surface area contributed by atoms with Crippen molar-refractivity contribution in [3.8, 4) is 0 Å². The zero-order valence-electron chi connectivity index (χ0n) is 11.8. The highest BCUT2D eigenvalue weighted by molar-refractivity contribution is 5.85. The van der Waals surface area contributed by atoms with Gasteiger partial charge < -0.3 is 10.6 Å². The SMILES string of the molecule is CC(C)(C(=O)N1CCC(N)CC1)N1CCCCC1. The van der Waals surface area contributed by atoms with Crippen LogP contribution in [0, 0.1) is 0 Å². The van der Waals surface area contributed by atoms with Crippen LogP contribution in [-0.2, 0) is 4.79 Å². The van der Waals surface area contributed by atoms with Gasteiger partial charge in [0.1, 0.15) is 0 Å². The van der Waals surface area contributed by atoms with E-state index in [0.717, 1.165) is 39.0 Å². The monoisotopic (exact) mass is 253 g/mol. The normalized spacial score (nSPS) is 24.3. The van der Waals surface area contributed by atoms with Gasteiger partial charge in [-0.2, -0.15) is 0 Å². The molecule has 4 heteroatoms. The third kappa shape index (κ3) is 2.86. The first kappa shape index (κ1) is 13.8. The molecule has 0 saturated carbocycles. The molecule has 2 heterocycles. The second kappa shape index (κ2) is 5.57. The highest BCUT2D eigenvalue weighted by Gasteiger charge is 2.38. The van der Waals surface area contributed by atoms with Gasteiger partial charge in [0.05, 0.1) is 5.54 Å². The molecule has 2 aliphatic heterocycles. The van der Waals surface area contributed by atoms with Crippen molar-refractivity contribution in [2.75, 3.05) is 26.2 Å². The van der Waals surface area contributed by atoms with Crippen LogP contribution in [0.3, 0.4) is 0 Å². The molecule has 104 valence electrons. The summed E-state index contributed by atoms with van der Waals surface area (Å²) in [6, 6.07) is 0.284. The Morgan fingerprint density at radius 2 is 1.61 bits per heavy atom. The number of piperidine rings is 2. The Hall–Kier alpha value is -0.610. The van der Waals surface area contributed by atoms with Crippen molar-refractivity contribution in [3.05, 3.63) is 0 Å². The van der Waals surface area contributed by atoms with Gasteiger partial charge in [-0.3, -0.25) is 9.69 Å². The van der Waals surface area contributed by atoms with Crippen LogP contribution in [0.4, 0.5) is 0 Å². The molecule has 0 radical (unpaired) electrons. The molecule has 0 aromatic heterocycles. The second-order valence-corrected chi connectivity index (χ2v) is 6.24. The van der Waals surface area contributed by atoms with E-state index in [-0.39, 0.29) is 17.5 Å². The van der Waals surface area contributed by atoms with Gasteiger partial charge in [0.15, 0.2) is 0 Å². The van der Waals surface area contributed by atoms with Gasteiger partial charge in [0, 0.05) is 19.1 Å². The number of carbonyl (C=O) groups excluding carboxylic acids is 1. The minimum Gasteiger partial charge on any atom is -0.341 e. The molecule has 4 nitrogen and oxygen atoms in total. The molecule has 0 bridgehead atoms. The third-order valence-electron chi connectivity index (χ3n) is 4.50. The second-order valence-electron chi connectivity index (χ2n) is 6.24. The smallest absolute Gasteiger partial charge is 0.242 e. The number of rotatable bonds is 2. The van der Waals surface area contributed by atoms with E-state index >= 15 is 0 Å². The van der Waals surface area contributed by atoms with E-state index in [1.54, 1.807) is 0 Å². The van der Waals surface area contributed by atoms with Gasteiger partial charge in [-0.15, -0.1) is 0 Å². The largest absolute Gasteiger partial charge is 0.341 e. The number of hydrogen-bond donors (Lipinski definition) is 1. The molecule has 18 heavy (non-hydrogen) atoms. The molecular weight excluding hydrogens is 226 g/mol. The van der Waals surface area contributed by atoms with Crippen molar-refractivity contribution in [1.82, 2.24) is 9.80 Å². The predicted molar refractivity (Wildman–Crippen MR) is 73.3 cm³/mol. The summed E-state index contributed by atoms with van der Waals surface area (Å²) >= 11 is 0. The predicted octanol–water partition coefficient (Wildman–Crippen LogP) is 1.20. The van der Waals surface area contributed by atoms with Crippen LogP contribution in [0.25, 0.3) is 0 Å². The zero-order valence-corrected chi connectivity index (χ0v) is 11.8. The summed E-state index contributed by atoms with van der Waals surface area (Å²) in [4.78, 5) is 17.0. The van der Waals surface area contributed by atoms with Crippen molar-refractivity contribution in [1.29, 1.82) is 0 Å². The summed E-state index contributed by atoms with van der Waals surface area (Å²) in [7, 11) is 0. The molecule has 0 unspecified atom stereocenters. The van der Waals surface area contributed by atoms with Crippen LogP contribution >= 0.6 is 0 Å². The average Bonchev–Trinajstić information content (AvgIpc) is 2.40. The van der Waals surface area contributed by atoms with Gasteiger partial charge in [0.25, 0.3) is 0 Å².